The molecule has 96 valence electrons. The van der Waals surface area contributed by atoms with E-state index in [2.05, 4.69) is 41.6 Å². The second-order valence-corrected chi connectivity index (χ2v) is 5.55. The van der Waals surface area contributed by atoms with E-state index in [0.29, 0.717) is 0 Å². The zero-order chi connectivity index (χ0) is 13.0. The minimum absolute atomic E-state index is 0.116. The van der Waals surface area contributed by atoms with Crippen molar-refractivity contribution in [3.8, 4) is 0 Å². The molecule has 0 aliphatic heterocycles. The molecule has 0 bridgehead atoms. The van der Waals surface area contributed by atoms with Crippen molar-refractivity contribution in [1.82, 2.24) is 0 Å². The molecule has 0 aliphatic rings. The van der Waals surface area contributed by atoms with Crippen molar-refractivity contribution in [1.29, 1.82) is 0 Å². The van der Waals surface area contributed by atoms with Crippen molar-refractivity contribution in [2.45, 2.75) is 20.0 Å². The van der Waals surface area contributed by atoms with E-state index in [1.165, 1.54) is 10.6 Å². The lowest BCUT2D eigenvalue weighted by Crippen LogP contribution is -2.20. The van der Waals surface area contributed by atoms with Crippen molar-refractivity contribution in [2.24, 2.45) is 0 Å². The van der Waals surface area contributed by atoms with Gasteiger partial charge in [-0.15, -0.1) is 11.3 Å². The number of hydrogen-bond acceptors (Lipinski definition) is 3. The van der Waals surface area contributed by atoms with E-state index in [-0.39, 0.29) is 6.61 Å². The number of nitrogens with zero attached hydrogens (tertiary/aromatic N) is 1. The molecule has 0 saturated carbocycles. The molecule has 0 unspecified atom stereocenters. The molecule has 0 fully saturated rings. The van der Waals surface area contributed by atoms with E-state index in [9.17, 15) is 0 Å². The largest absolute Gasteiger partial charge is 0.392 e. The maximum Gasteiger partial charge on any atom is 0.0684 e. The first-order chi connectivity index (χ1) is 8.70. The van der Waals surface area contributed by atoms with Crippen molar-refractivity contribution >= 4 is 17.0 Å². The summed E-state index contributed by atoms with van der Waals surface area (Å²) in [7, 11) is 2.11. The molecule has 0 amide bonds. The summed E-state index contributed by atoms with van der Waals surface area (Å²) in [6.07, 6.45) is 1.08. The van der Waals surface area contributed by atoms with Crippen molar-refractivity contribution in [3.05, 3.63) is 51.7 Å². The van der Waals surface area contributed by atoms with Crippen LogP contribution in [0.25, 0.3) is 0 Å². The van der Waals surface area contributed by atoms with Crippen LogP contribution in [0.3, 0.4) is 0 Å². The van der Waals surface area contributed by atoms with Crippen LogP contribution in [-0.4, -0.2) is 18.7 Å². The number of hydrogen-bond donors (Lipinski definition) is 1. The Bertz CT molecular complexity index is 493. The van der Waals surface area contributed by atoms with Crippen LogP contribution in [-0.2, 0) is 13.0 Å². The van der Waals surface area contributed by atoms with E-state index < -0.39 is 0 Å². The molecular formula is C15H19NOS. The fourth-order valence-corrected chi connectivity index (χ4v) is 2.65. The lowest BCUT2D eigenvalue weighted by molar-refractivity contribution is 0.281. The number of anilines is 1. The smallest absolute Gasteiger partial charge is 0.0684 e. The third-order valence-electron chi connectivity index (χ3n) is 3.21. The number of aliphatic hydroxyl groups excluding tert-OH is 1. The number of likely N-dealkylation sites (N-methyl/N-ethyl adjacent to an activating group) is 1. The summed E-state index contributed by atoms with van der Waals surface area (Å²) >= 11 is 1.81. The quantitative estimate of drug-likeness (QED) is 0.893. The molecular weight excluding hydrogens is 242 g/mol. The lowest BCUT2D eigenvalue weighted by Gasteiger charge is -2.20. The molecule has 0 aliphatic carbocycles. The molecule has 2 rings (SSSR count). The number of aryl methyl sites for hydroxylation is 1. The van der Waals surface area contributed by atoms with Crippen molar-refractivity contribution in [2.75, 3.05) is 18.5 Å². The molecule has 0 atom stereocenters. The minimum Gasteiger partial charge on any atom is -0.392 e. The molecule has 0 saturated heterocycles. The SMILES string of the molecule is Cc1cc(N(C)CCc2cccs2)ccc1CO. The highest BCUT2D eigenvalue weighted by molar-refractivity contribution is 7.09. The molecule has 1 N–H and O–H groups in total. The molecule has 1 heterocycles. The van der Waals surface area contributed by atoms with Gasteiger partial charge in [0.15, 0.2) is 0 Å². The average Bonchev–Trinajstić information content (AvgIpc) is 2.89. The second kappa shape index (κ2) is 6.03. The Labute approximate surface area is 113 Å². The molecule has 2 aromatic rings. The van der Waals surface area contributed by atoms with Gasteiger partial charge in [0.2, 0.25) is 0 Å². The topological polar surface area (TPSA) is 23.5 Å². The average molecular weight is 261 g/mol. The number of benzene rings is 1. The standard InChI is InChI=1S/C15H19NOS/c1-12-10-14(6-5-13(12)11-17)16(2)8-7-15-4-3-9-18-15/h3-6,9-10,17H,7-8,11H2,1-2H3. The van der Waals surface area contributed by atoms with Gasteiger partial charge in [0.25, 0.3) is 0 Å². The number of thiophene rings is 1. The van der Waals surface area contributed by atoms with Gasteiger partial charge < -0.3 is 10.0 Å². The number of rotatable bonds is 5. The predicted molar refractivity (Wildman–Crippen MR) is 78.4 cm³/mol. The maximum absolute atomic E-state index is 9.16. The Balaban J connectivity index is 2.00. The zero-order valence-electron chi connectivity index (χ0n) is 10.9. The highest BCUT2D eigenvalue weighted by Gasteiger charge is 2.04. The van der Waals surface area contributed by atoms with Gasteiger partial charge in [-0.3, -0.25) is 0 Å². The van der Waals surface area contributed by atoms with Crippen LogP contribution in [0.15, 0.2) is 35.7 Å². The first-order valence-electron chi connectivity index (χ1n) is 6.14. The van der Waals surface area contributed by atoms with Crippen molar-refractivity contribution in [3.63, 3.8) is 0 Å². The molecule has 1 aromatic carbocycles. The summed E-state index contributed by atoms with van der Waals surface area (Å²) in [6.45, 7) is 3.17. The normalized spacial score (nSPS) is 10.6. The number of aliphatic hydroxyl groups is 1. The summed E-state index contributed by atoms with van der Waals surface area (Å²) < 4.78 is 0. The van der Waals surface area contributed by atoms with E-state index in [0.717, 1.165) is 24.1 Å². The Hall–Kier alpha value is -1.32. The van der Waals surface area contributed by atoms with Crippen LogP contribution in [0.5, 0.6) is 0 Å². The van der Waals surface area contributed by atoms with E-state index in [1.54, 1.807) is 0 Å². The summed E-state index contributed by atoms with van der Waals surface area (Å²) in [5, 5.41) is 11.3. The molecule has 0 spiro atoms. The summed E-state index contributed by atoms with van der Waals surface area (Å²) in [4.78, 5) is 3.68. The van der Waals surface area contributed by atoms with Crippen LogP contribution in [0, 0.1) is 6.92 Å². The van der Waals surface area contributed by atoms with Gasteiger partial charge in [-0.2, -0.15) is 0 Å². The highest BCUT2D eigenvalue weighted by atomic mass is 32.1. The fraction of sp³-hybridized carbons (Fsp3) is 0.333. The maximum atomic E-state index is 9.16. The second-order valence-electron chi connectivity index (χ2n) is 4.52. The van der Waals surface area contributed by atoms with E-state index in [1.807, 2.05) is 24.3 Å². The van der Waals surface area contributed by atoms with Gasteiger partial charge in [-0.05, 0) is 48.1 Å². The molecule has 18 heavy (non-hydrogen) atoms. The van der Waals surface area contributed by atoms with Gasteiger partial charge in [0, 0.05) is 24.2 Å². The van der Waals surface area contributed by atoms with Crippen molar-refractivity contribution < 1.29 is 5.11 Å². The Morgan fingerprint density at radius 1 is 1.28 bits per heavy atom. The summed E-state index contributed by atoms with van der Waals surface area (Å²) in [5.74, 6) is 0. The fourth-order valence-electron chi connectivity index (χ4n) is 1.96. The van der Waals surface area contributed by atoms with E-state index in [4.69, 9.17) is 5.11 Å². The first kappa shape index (κ1) is 13.1. The molecule has 1 aromatic heterocycles. The molecule has 3 heteroatoms. The Kier molecular flexibility index (Phi) is 4.39. The van der Waals surface area contributed by atoms with Crippen LogP contribution in [0.4, 0.5) is 5.69 Å². The minimum atomic E-state index is 0.116. The van der Waals surface area contributed by atoms with Crippen LogP contribution < -0.4 is 4.90 Å². The van der Waals surface area contributed by atoms with Crippen LogP contribution in [0.2, 0.25) is 0 Å². The highest BCUT2D eigenvalue weighted by Crippen LogP contribution is 2.19. The van der Waals surface area contributed by atoms with Gasteiger partial charge >= 0.3 is 0 Å². The van der Waals surface area contributed by atoms with Crippen LogP contribution in [0.1, 0.15) is 16.0 Å². The first-order valence-corrected chi connectivity index (χ1v) is 7.02. The Morgan fingerprint density at radius 3 is 2.72 bits per heavy atom. The van der Waals surface area contributed by atoms with E-state index >= 15 is 0 Å². The summed E-state index contributed by atoms with van der Waals surface area (Å²) in [5.41, 5.74) is 3.37. The molecule has 0 radical (unpaired) electrons. The predicted octanol–water partition coefficient (Wildman–Crippen LogP) is 3.23. The van der Waals surface area contributed by atoms with Gasteiger partial charge in [0.05, 0.1) is 6.61 Å². The van der Waals surface area contributed by atoms with Gasteiger partial charge in [-0.1, -0.05) is 12.1 Å². The van der Waals surface area contributed by atoms with Gasteiger partial charge in [-0.25, -0.2) is 0 Å². The lowest BCUT2D eigenvalue weighted by atomic mass is 10.1. The monoisotopic (exact) mass is 261 g/mol. The van der Waals surface area contributed by atoms with Gasteiger partial charge in [0.1, 0.15) is 0 Å². The zero-order valence-corrected chi connectivity index (χ0v) is 11.7. The third-order valence-corrected chi connectivity index (χ3v) is 4.15. The summed E-state index contributed by atoms with van der Waals surface area (Å²) in [6, 6.07) is 10.5. The molecule has 2 nitrogen and oxygen atoms in total. The third kappa shape index (κ3) is 3.12. The van der Waals surface area contributed by atoms with Crippen LogP contribution >= 0.6 is 11.3 Å². The Morgan fingerprint density at radius 2 is 2.11 bits per heavy atom.